The maximum absolute atomic E-state index is 12.3. The summed E-state index contributed by atoms with van der Waals surface area (Å²) < 4.78 is 27.1. The first-order valence-electron chi connectivity index (χ1n) is 6.93. The fourth-order valence-corrected chi connectivity index (χ4v) is 3.72. The molecular weight excluding hydrogens is 292 g/mol. The monoisotopic (exact) mass is 312 g/mol. The van der Waals surface area contributed by atoms with Crippen LogP contribution in [-0.4, -0.2) is 38.6 Å². The van der Waals surface area contributed by atoms with E-state index < -0.39 is 16.1 Å². The lowest BCUT2D eigenvalue weighted by molar-refractivity contribution is -0.116. The molecule has 0 unspecified atom stereocenters. The minimum Gasteiger partial charge on any atom is -0.395 e. The highest BCUT2D eigenvalue weighted by molar-refractivity contribution is 7.89. The van der Waals surface area contributed by atoms with Crippen molar-refractivity contribution < 1.29 is 18.3 Å². The van der Waals surface area contributed by atoms with Gasteiger partial charge in [0.1, 0.15) is 0 Å². The van der Waals surface area contributed by atoms with E-state index in [-0.39, 0.29) is 17.4 Å². The van der Waals surface area contributed by atoms with Crippen molar-refractivity contribution in [3.63, 3.8) is 0 Å². The van der Waals surface area contributed by atoms with Crippen LogP contribution in [-0.2, 0) is 21.2 Å². The van der Waals surface area contributed by atoms with E-state index in [1.54, 1.807) is 17.9 Å². The van der Waals surface area contributed by atoms with Gasteiger partial charge in [0.25, 0.3) is 0 Å². The van der Waals surface area contributed by atoms with Crippen molar-refractivity contribution in [3.05, 3.63) is 23.8 Å². The van der Waals surface area contributed by atoms with Crippen molar-refractivity contribution in [3.8, 4) is 0 Å². The van der Waals surface area contributed by atoms with Crippen LogP contribution in [0.5, 0.6) is 0 Å². The van der Waals surface area contributed by atoms with E-state index in [1.165, 1.54) is 19.1 Å². The molecule has 1 aromatic carbocycles. The Hall–Kier alpha value is -1.44. The third kappa shape index (κ3) is 3.25. The van der Waals surface area contributed by atoms with Crippen LogP contribution < -0.4 is 9.62 Å². The van der Waals surface area contributed by atoms with Gasteiger partial charge in [0, 0.05) is 25.2 Å². The second-order valence-electron chi connectivity index (χ2n) is 5.12. The van der Waals surface area contributed by atoms with Crippen LogP contribution in [0.2, 0.25) is 0 Å². The molecule has 0 saturated carbocycles. The Morgan fingerprint density at radius 3 is 2.76 bits per heavy atom. The number of sulfonamides is 1. The van der Waals surface area contributed by atoms with Gasteiger partial charge in [-0.25, -0.2) is 13.1 Å². The molecule has 2 rings (SSSR count). The lowest BCUT2D eigenvalue weighted by Crippen LogP contribution is -2.37. The molecule has 21 heavy (non-hydrogen) atoms. The second kappa shape index (κ2) is 6.13. The quantitative estimate of drug-likeness (QED) is 0.835. The summed E-state index contributed by atoms with van der Waals surface area (Å²) in [5.41, 5.74) is 1.63. The summed E-state index contributed by atoms with van der Waals surface area (Å²) in [6.07, 6.45) is 1.23. The Morgan fingerprint density at radius 1 is 1.48 bits per heavy atom. The number of amides is 1. The molecule has 1 aliphatic heterocycles. The number of hydrogen-bond acceptors (Lipinski definition) is 4. The van der Waals surface area contributed by atoms with Crippen LogP contribution in [0.4, 0.5) is 5.69 Å². The lowest BCUT2D eigenvalue weighted by atomic mass is 10.2. The number of nitrogens with one attached hydrogen (secondary N) is 1. The Morgan fingerprint density at radius 2 is 2.19 bits per heavy atom. The van der Waals surface area contributed by atoms with Crippen molar-refractivity contribution in [1.29, 1.82) is 0 Å². The van der Waals surface area contributed by atoms with Crippen molar-refractivity contribution in [2.24, 2.45) is 0 Å². The van der Waals surface area contributed by atoms with Crippen LogP contribution >= 0.6 is 0 Å². The average Bonchev–Trinajstić information content (AvgIpc) is 2.87. The predicted molar refractivity (Wildman–Crippen MR) is 79.7 cm³/mol. The molecule has 2 N–H and O–H groups in total. The average molecular weight is 312 g/mol. The third-order valence-electron chi connectivity index (χ3n) is 3.68. The maximum Gasteiger partial charge on any atom is 0.240 e. The largest absolute Gasteiger partial charge is 0.395 e. The summed E-state index contributed by atoms with van der Waals surface area (Å²) in [5, 5.41) is 9.13. The summed E-state index contributed by atoms with van der Waals surface area (Å²) in [6.45, 7) is 3.59. The van der Waals surface area contributed by atoms with Gasteiger partial charge in [0.05, 0.1) is 11.5 Å². The van der Waals surface area contributed by atoms with E-state index in [2.05, 4.69) is 4.72 Å². The molecule has 0 saturated heterocycles. The first-order valence-corrected chi connectivity index (χ1v) is 8.41. The van der Waals surface area contributed by atoms with Crippen LogP contribution in [0, 0.1) is 0 Å². The van der Waals surface area contributed by atoms with E-state index in [4.69, 9.17) is 5.11 Å². The number of benzene rings is 1. The SMILES string of the molecule is CC[C@H](CO)NS(=O)(=O)c1ccc2c(c1)N(C(C)=O)CC2. The number of anilines is 1. The molecule has 1 aromatic rings. The van der Waals surface area contributed by atoms with E-state index in [1.807, 2.05) is 0 Å². The number of carbonyl (C=O) groups excluding carboxylic acids is 1. The minimum atomic E-state index is -3.70. The minimum absolute atomic E-state index is 0.0990. The molecule has 1 heterocycles. The zero-order valence-corrected chi connectivity index (χ0v) is 13.0. The molecule has 0 fully saturated rings. The van der Waals surface area contributed by atoms with E-state index in [0.717, 1.165) is 12.0 Å². The molecule has 1 amide bonds. The summed E-state index contributed by atoms with van der Waals surface area (Å²) in [4.78, 5) is 13.3. The van der Waals surface area contributed by atoms with Crippen LogP contribution in [0.3, 0.4) is 0 Å². The number of carbonyl (C=O) groups is 1. The molecule has 1 aliphatic rings. The van der Waals surface area contributed by atoms with Gasteiger partial charge in [-0.3, -0.25) is 4.79 Å². The molecule has 0 aromatic heterocycles. The Labute approximate surface area is 124 Å². The summed E-state index contributed by atoms with van der Waals surface area (Å²) in [5.74, 6) is -0.0990. The number of aliphatic hydroxyl groups is 1. The zero-order valence-electron chi connectivity index (χ0n) is 12.2. The van der Waals surface area contributed by atoms with Gasteiger partial charge in [0.2, 0.25) is 15.9 Å². The zero-order chi connectivity index (χ0) is 15.6. The summed E-state index contributed by atoms with van der Waals surface area (Å²) in [7, 11) is -3.70. The Balaban J connectivity index is 2.34. The fourth-order valence-electron chi connectivity index (χ4n) is 2.39. The smallest absolute Gasteiger partial charge is 0.240 e. The van der Waals surface area contributed by atoms with Crippen molar-refractivity contribution in [2.45, 2.75) is 37.6 Å². The molecule has 0 bridgehead atoms. The molecule has 116 valence electrons. The van der Waals surface area contributed by atoms with Crippen molar-refractivity contribution in [2.75, 3.05) is 18.1 Å². The Kier molecular flexibility index (Phi) is 4.65. The second-order valence-corrected chi connectivity index (χ2v) is 6.83. The highest BCUT2D eigenvalue weighted by Crippen LogP contribution is 2.30. The normalized spacial score (nSPS) is 15.9. The van der Waals surface area contributed by atoms with Crippen LogP contribution in [0.1, 0.15) is 25.8 Å². The maximum atomic E-state index is 12.3. The molecule has 0 radical (unpaired) electrons. The summed E-state index contributed by atoms with van der Waals surface area (Å²) >= 11 is 0. The first-order chi connectivity index (χ1) is 9.89. The number of hydrogen-bond donors (Lipinski definition) is 2. The van der Waals surface area contributed by atoms with Crippen molar-refractivity contribution >= 4 is 21.6 Å². The van der Waals surface area contributed by atoms with Gasteiger partial charge in [-0.05, 0) is 30.5 Å². The highest BCUT2D eigenvalue weighted by atomic mass is 32.2. The molecule has 1 atom stereocenters. The van der Waals surface area contributed by atoms with Crippen LogP contribution in [0.15, 0.2) is 23.1 Å². The summed E-state index contributed by atoms with van der Waals surface area (Å²) in [6, 6.07) is 4.30. The van der Waals surface area contributed by atoms with Gasteiger partial charge >= 0.3 is 0 Å². The van der Waals surface area contributed by atoms with Gasteiger partial charge in [-0.1, -0.05) is 13.0 Å². The van der Waals surface area contributed by atoms with E-state index in [0.29, 0.717) is 18.7 Å². The molecule has 6 nitrogen and oxygen atoms in total. The first kappa shape index (κ1) is 15.9. The van der Waals surface area contributed by atoms with Gasteiger partial charge < -0.3 is 10.0 Å². The molecule has 7 heteroatoms. The van der Waals surface area contributed by atoms with Crippen molar-refractivity contribution in [1.82, 2.24) is 4.72 Å². The van der Waals surface area contributed by atoms with Crippen LogP contribution in [0.25, 0.3) is 0 Å². The molecule has 0 aliphatic carbocycles. The predicted octanol–water partition coefficient (Wildman–Crippen LogP) is 0.645. The molecule has 0 spiro atoms. The van der Waals surface area contributed by atoms with Gasteiger partial charge in [-0.15, -0.1) is 0 Å². The third-order valence-corrected chi connectivity index (χ3v) is 5.20. The highest BCUT2D eigenvalue weighted by Gasteiger charge is 2.26. The van der Waals surface area contributed by atoms with Gasteiger partial charge in [0.15, 0.2) is 0 Å². The number of nitrogens with zero attached hydrogens (tertiary/aromatic N) is 1. The lowest BCUT2D eigenvalue weighted by Gasteiger charge is -2.17. The van der Waals surface area contributed by atoms with E-state index in [9.17, 15) is 13.2 Å². The van der Waals surface area contributed by atoms with E-state index >= 15 is 0 Å². The fraction of sp³-hybridized carbons (Fsp3) is 0.500. The number of fused-ring (bicyclic) bond motifs is 1. The molecular formula is C14H20N2O4S. The number of aliphatic hydroxyl groups excluding tert-OH is 1. The van der Waals surface area contributed by atoms with Gasteiger partial charge in [-0.2, -0.15) is 0 Å². The number of rotatable bonds is 5. The Bertz CT molecular complexity index is 638. The standard InChI is InChI=1S/C14H20N2O4S/c1-3-12(9-17)15-21(19,20)13-5-4-11-6-7-16(10(2)18)14(11)8-13/h4-5,8,12,15,17H,3,6-7,9H2,1-2H3/t12-/m1/s1. The topological polar surface area (TPSA) is 86.7 Å².